The minimum absolute atomic E-state index is 0.121. The van der Waals surface area contributed by atoms with Gasteiger partial charge in [0.05, 0.1) is 12.1 Å². The Morgan fingerprint density at radius 3 is 2.40 bits per heavy atom. The summed E-state index contributed by atoms with van der Waals surface area (Å²) in [6, 6.07) is 20.4. The molecule has 1 aliphatic rings. The molecule has 2 N–H and O–H groups in total. The molecule has 0 fully saturated rings. The van der Waals surface area contributed by atoms with Gasteiger partial charge in [-0.1, -0.05) is 42.5 Å². The van der Waals surface area contributed by atoms with Gasteiger partial charge in [0, 0.05) is 28.8 Å². The van der Waals surface area contributed by atoms with Crippen LogP contribution in [0.4, 0.5) is 18.9 Å². The zero-order chi connectivity index (χ0) is 21.1. The molecule has 1 aliphatic heterocycles. The highest BCUT2D eigenvalue weighted by Crippen LogP contribution is 2.30. The lowest BCUT2D eigenvalue weighted by molar-refractivity contribution is -0.929. The molecule has 30 heavy (non-hydrogen) atoms. The highest BCUT2D eigenvalue weighted by atomic mass is 19.4. The summed E-state index contributed by atoms with van der Waals surface area (Å²) < 4.78 is 38.5. The molecule has 3 aromatic rings. The Kier molecular flexibility index (Phi) is 5.59. The monoisotopic (exact) mass is 411 g/mol. The van der Waals surface area contributed by atoms with E-state index in [1.54, 1.807) is 12.1 Å². The number of fused-ring (bicyclic) bond motifs is 1. The zero-order valence-electron chi connectivity index (χ0n) is 16.3. The number of benzene rings is 3. The summed E-state index contributed by atoms with van der Waals surface area (Å²) in [5.74, 6) is -0.430. The third-order valence-corrected chi connectivity index (χ3v) is 5.42. The molecule has 0 radical (unpaired) electrons. The van der Waals surface area contributed by atoms with Crippen LogP contribution in [0.1, 0.15) is 32.6 Å². The number of alkyl halides is 3. The van der Waals surface area contributed by atoms with Crippen molar-refractivity contribution in [2.75, 3.05) is 11.9 Å². The van der Waals surface area contributed by atoms with Gasteiger partial charge in [-0.05, 0) is 35.9 Å². The van der Waals surface area contributed by atoms with Gasteiger partial charge in [-0.3, -0.25) is 4.79 Å². The standard InChI is InChI=1S/C24H21F3N2O/c25-24(26,27)21-6-3-7-22(14-21)28-23(30)19-10-8-17(9-11-19)15-29-13-12-18-4-1-2-5-20(18)16-29/h1-11,14H,12-13,15-16H2,(H,28,30)/p+1. The molecule has 1 heterocycles. The highest BCUT2D eigenvalue weighted by molar-refractivity contribution is 6.04. The molecule has 3 aromatic carbocycles. The van der Waals surface area contributed by atoms with Crippen molar-refractivity contribution in [3.05, 3.63) is 101 Å². The Hall–Kier alpha value is -3.12. The second kappa shape index (κ2) is 8.32. The first-order valence-corrected chi connectivity index (χ1v) is 9.86. The van der Waals surface area contributed by atoms with E-state index in [4.69, 9.17) is 0 Å². The predicted octanol–water partition coefficient (Wildman–Crippen LogP) is 4.10. The Morgan fingerprint density at radius 2 is 1.67 bits per heavy atom. The third-order valence-electron chi connectivity index (χ3n) is 5.42. The molecule has 0 spiro atoms. The van der Waals surface area contributed by atoms with Crippen LogP contribution in [0.2, 0.25) is 0 Å². The van der Waals surface area contributed by atoms with Gasteiger partial charge < -0.3 is 10.2 Å². The molecular formula is C24H22F3N2O+. The number of quaternary nitrogens is 1. The first-order chi connectivity index (χ1) is 14.4. The summed E-state index contributed by atoms with van der Waals surface area (Å²) in [5, 5.41) is 2.54. The summed E-state index contributed by atoms with van der Waals surface area (Å²) in [6.07, 6.45) is -3.39. The summed E-state index contributed by atoms with van der Waals surface area (Å²) in [6.45, 7) is 2.91. The minimum Gasteiger partial charge on any atom is -0.327 e. The van der Waals surface area contributed by atoms with E-state index >= 15 is 0 Å². The first-order valence-electron chi connectivity index (χ1n) is 9.86. The number of nitrogens with one attached hydrogen (secondary N) is 2. The zero-order valence-corrected chi connectivity index (χ0v) is 16.3. The van der Waals surface area contributed by atoms with E-state index in [2.05, 4.69) is 29.6 Å². The van der Waals surface area contributed by atoms with E-state index in [-0.39, 0.29) is 5.69 Å². The van der Waals surface area contributed by atoms with Crippen LogP contribution in [0.5, 0.6) is 0 Å². The number of amides is 1. The van der Waals surface area contributed by atoms with Crippen LogP contribution in [0.3, 0.4) is 0 Å². The average Bonchev–Trinajstić information content (AvgIpc) is 2.74. The van der Waals surface area contributed by atoms with Crippen LogP contribution in [0.25, 0.3) is 0 Å². The lowest BCUT2D eigenvalue weighted by Crippen LogP contribution is -3.10. The second-order valence-corrected chi connectivity index (χ2v) is 7.60. The molecule has 0 aromatic heterocycles. The van der Waals surface area contributed by atoms with Crippen LogP contribution in [-0.4, -0.2) is 12.5 Å². The van der Waals surface area contributed by atoms with E-state index in [0.29, 0.717) is 5.56 Å². The van der Waals surface area contributed by atoms with Gasteiger partial charge >= 0.3 is 6.18 Å². The molecule has 3 nitrogen and oxygen atoms in total. The van der Waals surface area contributed by atoms with Crippen molar-refractivity contribution in [1.82, 2.24) is 0 Å². The summed E-state index contributed by atoms with van der Waals surface area (Å²) in [4.78, 5) is 13.9. The normalized spacial score (nSPS) is 16.0. The topological polar surface area (TPSA) is 33.5 Å². The maximum atomic E-state index is 12.8. The summed E-state index contributed by atoms with van der Waals surface area (Å²) in [7, 11) is 0. The van der Waals surface area contributed by atoms with Crippen molar-refractivity contribution in [3.63, 3.8) is 0 Å². The van der Waals surface area contributed by atoms with Crippen molar-refractivity contribution in [1.29, 1.82) is 0 Å². The Bertz CT molecular complexity index is 1040. The maximum absolute atomic E-state index is 12.8. The van der Waals surface area contributed by atoms with Gasteiger partial charge in [0.2, 0.25) is 0 Å². The quantitative estimate of drug-likeness (QED) is 0.666. The average molecular weight is 411 g/mol. The second-order valence-electron chi connectivity index (χ2n) is 7.60. The minimum atomic E-state index is -4.44. The first kappa shape index (κ1) is 20.2. The highest BCUT2D eigenvalue weighted by Gasteiger charge is 2.30. The number of hydrogen-bond donors (Lipinski definition) is 2. The van der Waals surface area contributed by atoms with E-state index < -0.39 is 17.6 Å². The molecule has 0 saturated heterocycles. The van der Waals surface area contributed by atoms with Crippen LogP contribution >= 0.6 is 0 Å². The molecule has 0 saturated carbocycles. The fourth-order valence-electron chi connectivity index (χ4n) is 3.83. The van der Waals surface area contributed by atoms with Gasteiger partial charge in [0.25, 0.3) is 5.91 Å². The molecule has 1 unspecified atom stereocenters. The van der Waals surface area contributed by atoms with E-state index in [9.17, 15) is 18.0 Å². The van der Waals surface area contributed by atoms with E-state index in [1.807, 2.05) is 12.1 Å². The van der Waals surface area contributed by atoms with Crippen LogP contribution in [-0.2, 0) is 25.7 Å². The molecule has 1 amide bonds. The number of carbonyl (C=O) groups is 1. The van der Waals surface area contributed by atoms with Crippen molar-refractivity contribution in [2.24, 2.45) is 0 Å². The number of hydrogen-bond acceptors (Lipinski definition) is 1. The maximum Gasteiger partial charge on any atom is 0.416 e. The van der Waals surface area contributed by atoms with Gasteiger partial charge in [0.1, 0.15) is 13.1 Å². The fraction of sp³-hybridized carbons (Fsp3) is 0.208. The van der Waals surface area contributed by atoms with Gasteiger partial charge in [-0.15, -0.1) is 0 Å². The van der Waals surface area contributed by atoms with Gasteiger partial charge in [-0.25, -0.2) is 0 Å². The van der Waals surface area contributed by atoms with Crippen molar-refractivity contribution >= 4 is 11.6 Å². The van der Waals surface area contributed by atoms with Gasteiger partial charge in [-0.2, -0.15) is 13.2 Å². The lowest BCUT2D eigenvalue weighted by Gasteiger charge is -2.26. The Labute approximate surface area is 173 Å². The van der Waals surface area contributed by atoms with Crippen molar-refractivity contribution < 1.29 is 22.9 Å². The number of carbonyl (C=O) groups excluding carboxylic acids is 1. The van der Waals surface area contributed by atoms with Crippen molar-refractivity contribution in [2.45, 2.75) is 25.7 Å². The molecule has 4 rings (SSSR count). The summed E-state index contributed by atoms with van der Waals surface area (Å²) >= 11 is 0. The fourth-order valence-corrected chi connectivity index (χ4v) is 3.83. The lowest BCUT2D eigenvalue weighted by atomic mass is 9.99. The van der Waals surface area contributed by atoms with E-state index in [1.165, 1.54) is 28.2 Å². The molecule has 1 atom stereocenters. The SMILES string of the molecule is O=C(Nc1cccc(C(F)(F)F)c1)c1ccc(C[NH+]2CCc3ccccc3C2)cc1. The molecule has 6 heteroatoms. The largest absolute Gasteiger partial charge is 0.416 e. The molecule has 154 valence electrons. The Morgan fingerprint density at radius 1 is 0.933 bits per heavy atom. The predicted molar refractivity (Wildman–Crippen MR) is 109 cm³/mol. The van der Waals surface area contributed by atoms with Crippen LogP contribution < -0.4 is 10.2 Å². The molecular weight excluding hydrogens is 389 g/mol. The smallest absolute Gasteiger partial charge is 0.327 e. The summed E-state index contributed by atoms with van der Waals surface area (Å²) in [5.41, 5.74) is 3.67. The van der Waals surface area contributed by atoms with Gasteiger partial charge in [0.15, 0.2) is 0 Å². The van der Waals surface area contributed by atoms with Crippen molar-refractivity contribution in [3.8, 4) is 0 Å². The van der Waals surface area contributed by atoms with E-state index in [0.717, 1.165) is 43.8 Å². The molecule has 0 bridgehead atoms. The number of anilines is 1. The molecule has 0 aliphatic carbocycles. The Balaban J connectivity index is 1.38. The van der Waals surface area contributed by atoms with Crippen LogP contribution in [0, 0.1) is 0 Å². The van der Waals surface area contributed by atoms with Crippen LogP contribution in [0.15, 0.2) is 72.8 Å². The number of rotatable bonds is 4. The number of halogens is 3. The third kappa shape index (κ3) is 4.71.